The number of carbonyl (C=O) groups is 1. The Labute approximate surface area is 199 Å². The van der Waals surface area contributed by atoms with Gasteiger partial charge in [0.1, 0.15) is 6.54 Å². The molecule has 0 atom stereocenters. The van der Waals surface area contributed by atoms with Gasteiger partial charge in [0.2, 0.25) is 5.91 Å². The van der Waals surface area contributed by atoms with Crippen LogP contribution in [0, 0.1) is 20.8 Å². The van der Waals surface area contributed by atoms with E-state index < -0.39 is 10.0 Å². The van der Waals surface area contributed by atoms with E-state index in [0.717, 1.165) is 42.7 Å². The Morgan fingerprint density at radius 1 is 0.939 bits per heavy atom. The summed E-state index contributed by atoms with van der Waals surface area (Å²) in [6, 6.07) is 12.3. The number of sulfonamides is 1. The molecule has 0 aromatic heterocycles. The predicted octanol–water partition coefficient (Wildman–Crippen LogP) is 4.19. The summed E-state index contributed by atoms with van der Waals surface area (Å²) in [4.78, 5) is 15.5. The van der Waals surface area contributed by atoms with Crippen LogP contribution in [0.1, 0.15) is 48.8 Å². The second kappa shape index (κ2) is 11.7. The number of hydrogen-bond acceptors (Lipinski definition) is 4. The quantitative estimate of drug-likeness (QED) is 0.557. The lowest BCUT2D eigenvalue weighted by Gasteiger charge is -2.26. The van der Waals surface area contributed by atoms with E-state index in [0.29, 0.717) is 12.2 Å². The van der Waals surface area contributed by atoms with Crippen molar-refractivity contribution in [2.24, 2.45) is 0 Å². The minimum Gasteiger partial charge on any atom is -0.354 e. The first-order chi connectivity index (χ1) is 15.8. The van der Waals surface area contributed by atoms with Crippen molar-refractivity contribution in [3.05, 3.63) is 59.2 Å². The molecular formula is C26H37N3O3S. The Hall–Kier alpha value is -2.38. The first kappa shape index (κ1) is 25.2. The molecular weight excluding hydrogens is 434 g/mol. The zero-order valence-electron chi connectivity index (χ0n) is 20.1. The first-order valence-corrected chi connectivity index (χ1v) is 13.4. The van der Waals surface area contributed by atoms with Crippen molar-refractivity contribution in [2.75, 3.05) is 37.0 Å². The molecule has 7 heteroatoms. The number of benzene rings is 2. The molecule has 1 amide bonds. The fraction of sp³-hybridized carbons (Fsp3) is 0.500. The molecule has 2 aromatic rings. The molecule has 0 spiro atoms. The summed E-state index contributed by atoms with van der Waals surface area (Å²) in [5.74, 6) is -0.290. The number of nitrogens with zero attached hydrogens (tertiary/aromatic N) is 2. The number of anilines is 1. The third kappa shape index (κ3) is 7.05. The highest BCUT2D eigenvalue weighted by Gasteiger charge is 2.28. The maximum Gasteiger partial charge on any atom is 0.264 e. The number of aryl methyl sites for hydroxylation is 3. The molecule has 6 nitrogen and oxygen atoms in total. The number of carbonyl (C=O) groups excluding carboxylic acids is 1. The molecule has 0 radical (unpaired) electrons. The van der Waals surface area contributed by atoms with Crippen molar-refractivity contribution in [3.8, 4) is 0 Å². The second-order valence-corrected chi connectivity index (χ2v) is 10.9. The first-order valence-electron chi connectivity index (χ1n) is 11.9. The highest BCUT2D eigenvalue weighted by Crippen LogP contribution is 2.27. The summed E-state index contributed by atoms with van der Waals surface area (Å²) in [5.41, 5.74) is 3.37. The van der Waals surface area contributed by atoms with Crippen molar-refractivity contribution in [3.63, 3.8) is 0 Å². The van der Waals surface area contributed by atoms with Gasteiger partial charge in [0.25, 0.3) is 10.0 Å². The van der Waals surface area contributed by atoms with Crippen molar-refractivity contribution in [2.45, 2.75) is 57.8 Å². The van der Waals surface area contributed by atoms with Crippen LogP contribution >= 0.6 is 0 Å². The number of amides is 1. The van der Waals surface area contributed by atoms with Gasteiger partial charge in [-0.2, -0.15) is 0 Å². The van der Waals surface area contributed by atoms with E-state index in [2.05, 4.69) is 10.2 Å². The van der Waals surface area contributed by atoms with E-state index in [4.69, 9.17) is 0 Å². The predicted molar refractivity (Wildman–Crippen MR) is 134 cm³/mol. The third-order valence-corrected chi connectivity index (χ3v) is 7.96. The number of nitrogens with one attached hydrogen (secondary N) is 1. The summed E-state index contributed by atoms with van der Waals surface area (Å²) in [6.45, 7) is 9.27. The van der Waals surface area contributed by atoms with Crippen molar-refractivity contribution in [1.29, 1.82) is 0 Å². The summed E-state index contributed by atoms with van der Waals surface area (Å²) < 4.78 is 28.3. The maximum atomic E-state index is 13.5. The molecule has 3 rings (SSSR count). The second-order valence-electron chi connectivity index (χ2n) is 9.07. The molecule has 0 aliphatic carbocycles. The van der Waals surface area contributed by atoms with Crippen LogP contribution in [0.4, 0.5) is 5.69 Å². The average molecular weight is 472 g/mol. The summed E-state index contributed by atoms with van der Waals surface area (Å²) >= 11 is 0. The molecule has 2 aromatic carbocycles. The Balaban J connectivity index is 1.70. The van der Waals surface area contributed by atoms with Gasteiger partial charge in [0.05, 0.1) is 10.6 Å². The Morgan fingerprint density at radius 3 is 2.21 bits per heavy atom. The van der Waals surface area contributed by atoms with Gasteiger partial charge < -0.3 is 10.2 Å². The molecule has 0 bridgehead atoms. The number of likely N-dealkylation sites (tertiary alicyclic amines) is 1. The Kier molecular flexibility index (Phi) is 8.92. The molecule has 1 aliphatic rings. The van der Waals surface area contributed by atoms with E-state index in [-0.39, 0.29) is 17.3 Å². The Bertz CT molecular complexity index is 1030. The van der Waals surface area contributed by atoms with E-state index in [1.807, 2.05) is 32.9 Å². The van der Waals surface area contributed by atoms with Crippen molar-refractivity contribution in [1.82, 2.24) is 10.2 Å². The van der Waals surface area contributed by atoms with Gasteiger partial charge >= 0.3 is 0 Å². The van der Waals surface area contributed by atoms with Crippen LogP contribution in [0.3, 0.4) is 0 Å². The van der Waals surface area contributed by atoms with E-state index in [1.165, 1.54) is 30.0 Å². The van der Waals surface area contributed by atoms with Crippen LogP contribution < -0.4 is 9.62 Å². The van der Waals surface area contributed by atoms with E-state index >= 15 is 0 Å². The van der Waals surface area contributed by atoms with Crippen LogP contribution in [-0.4, -0.2) is 51.9 Å². The van der Waals surface area contributed by atoms with Gasteiger partial charge in [0.15, 0.2) is 0 Å². The molecule has 1 heterocycles. The maximum absolute atomic E-state index is 13.5. The molecule has 0 saturated carbocycles. The smallest absolute Gasteiger partial charge is 0.264 e. The normalized spacial score (nSPS) is 15.1. The fourth-order valence-corrected chi connectivity index (χ4v) is 5.78. The SMILES string of the molecule is Cc1ccc(S(=O)(=O)N(CC(=O)NCCCN2CCCCCC2)c2ccc(C)cc2C)cc1. The highest BCUT2D eigenvalue weighted by atomic mass is 32.2. The number of rotatable bonds is 9. The van der Waals surface area contributed by atoms with Crippen molar-refractivity contribution < 1.29 is 13.2 Å². The van der Waals surface area contributed by atoms with Crippen molar-refractivity contribution >= 4 is 21.6 Å². The summed E-state index contributed by atoms with van der Waals surface area (Å²) in [6.07, 6.45) is 5.95. The van der Waals surface area contributed by atoms with Crippen LogP contribution in [0.25, 0.3) is 0 Å². The zero-order chi connectivity index (χ0) is 23.8. The van der Waals surface area contributed by atoms with Gasteiger partial charge in [-0.3, -0.25) is 9.10 Å². The lowest BCUT2D eigenvalue weighted by atomic mass is 10.1. The topological polar surface area (TPSA) is 69.7 Å². The highest BCUT2D eigenvalue weighted by molar-refractivity contribution is 7.92. The van der Waals surface area contributed by atoms with E-state index in [9.17, 15) is 13.2 Å². The minimum absolute atomic E-state index is 0.182. The number of hydrogen-bond donors (Lipinski definition) is 1. The van der Waals surface area contributed by atoms with Gasteiger partial charge in [-0.25, -0.2) is 8.42 Å². The minimum atomic E-state index is -3.89. The van der Waals surface area contributed by atoms with Crippen LogP contribution in [0.2, 0.25) is 0 Å². The average Bonchev–Trinajstić information content (AvgIpc) is 3.05. The third-order valence-electron chi connectivity index (χ3n) is 6.19. The molecule has 1 aliphatic heterocycles. The monoisotopic (exact) mass is 471 g/mol. The standard InChI is InChI=1S/C26H37N3O3S/c1-21-9-12-24(13-10-21)33(31,32)29(25-14-11-22(2)19-23(25)3)20-26(30)27-15-8-18-28-16-6-4-5-7-17-28/h9-14,19H,4-8,15-18,20H2,1-3H3,(H,27,30). The zero-order valence-corrected chi connectivity index (χ0v) is 21.0. The molecule has 180 valence electrons. The lowest BCUT2D eigenvalue weighted by molar-refractivity contribution is -0.119. The largest absolute Gasteiger partial charge is 0.354 e. The lowest BCUT2D eigenvalue weighted by Crippen LogP contribution is -2.42. The van der Waals surface area contributed by atoms with Gasteiger partial charge in [-0.05, 0) is 83.4 Å². The van der Waals surface area contributed by atoms with Crippen LogP contribution in [-0.2, 0) is 14.8 Å². The van der Waals surface area contributed by atoms with Crippen LogP contribution in [0.15, 0.2) is 47.4 Å². The Morgan fingerprint density at radius 2 is 1.58 bits per heavy atom. The summed E-state index contributed by atoms with van der Waals surface area (Å²) in [7, 11) is -3.89. The van der Waals surface area contributed by atoms with Crippen LogP contribution in [0.5, 0.6) is 0 Å². The molecule has 33 heavy (non-hydrogen) atoms. The van der Waals surface area contributed by atoms with Gasteiger partial charge in [-0.15, -0.1) is 0 Å². The molecule has 0 unspecified atom stereocenters. The molecule has 1 saturated heterocycles. The fourth-order valence-electron chi connectivity index (χ4n) is 4.30. The summed E-state index contributed by atoms with van der Waals surface area (Å²) in [5, 5.41) is 2.93. The van der Waals surface area contributed by atoms with E-state index in [1.54, 1.807) is 30.3 Å². The van der Waals surface area contributed by atoms with Gasteiger partial charge in [0, 0.05) is 6.54 Å². The molecule has 1 N–H and O–H groups in total. The molecule has 1 fully saturated rings. The van der Waals surface area contributed by atoms with Gasteiger partial charge in [-0.1, -0.05) is 48.2 Å².